The second-order valence-electron chi connectivity index (χ2n) is 5.41. The zero-order chi connectivity index (χ0) is 17.4. The molecule has 0 saturated heterocycles. The molecule has 0 aliphatic heterocycles. The van der Waals surface area contributed by atoms with Crippen molar-refractivity contribution in [1.82, 2.24) is 15.3 Å². The first-order chi connectivity index (χ1) is 11.6. The Morgan fingerprint density at radius 1 is 1.25 bits per heavy atom. The van der Waals surface area contributed by atoms with Crippen LogP contribution in [0.15, 0.2) is 36.4 Å². The van der Waals surface area contributed by atoms with Crippen molar-refractivity contribution in [3.63, 3.8) is 0 Å². The summed E-state index contributed by atoms with van der Waals surface area (Å²) in [5, 5.41) is 2.79. The van der Waals surface area contributed by atoms with E-state index in [1.165, 1.54) is 5.56 Å². The summed E-state index contributed by atoms with van der Waals surface area (Å²) in [6, 6.07) is 11.9. The lowest BCUT2D eigenvalue weighted by atomic mass is 10.2. The average molecular weight is 328 g/mol. The summed E-state index contributed by atoms with van der Waals surface area (Å²) in [5.41, 5.74) is 1.57. The summed E-state index contributed by atoms with van der Waals surface area (Å²) in [6.07, 6.45) is 0. The van der Waals surface area contributed by atoms with Crippen LogP contribution in [0.3, 0.4) is 0 Å². The van der Waals surface area contributed by atoms with Crippen LogP contribution in [-0.4, -0.2) is 42.7 Å². The van der Waals surface area contributed by atoms with Crippen LogP contribution in [0.1, 0.15) is 28.8 Å². The van der Waals surface area contributed by atoms with E-state index in [0.717, 1.165) is 18.9 Å². The molecule has 0 aliphatic rings. The average Bonchev–Trinajstić information content (AvgIpc) is 2.60. The number of methoxy groups -OCH3 is 1. The van der Waals surface area contributed by atoms with Crippen molar-refractivity contribution in [3.05, 3.63) is 53.5 Å². The third kappa shape index (κ3) is 5.03. The topological polar surface area (TPSA) is 67.4 Å². The molecule has 0 atom stereocenters. The zero-order valence-electron chi connectivity index (χ0n) is 14.5. The molecule has 0 spiro atoms. The minimum absolute atomic E-state index is 0.213. The van der Waals surface area contributed by atoms with E-state index in [2.05, 4.69) is 39.2 Å². The molecule has 128 valence electrons. The van der Waals surface area contributed by atoms with Gasteiger partial charge in [0.2, 0.25) is 0 Å². The van der Waals surface area contributed by atoms with Crippen LogP contribution in [0.4, 0.5) is 5.82 Å². The van der Waals surface area contributed by atoms with Crippen LogP contribution >= 0.6 is 0 Å². The largest absolute Gasteiger partial charge is 0.383 e. The number of carbonyl (C=O) groups excluding carboxylic acids is 1. The van der Waals surface area contributed by atoms with E-state index in [4.69, 9.17) is 4.74 Å². The molecule has 1 aromatic heterocycles. The van der Waals surface area contributed by atoms with Gasteiger partial charge in [-0.15, -0.1) is 0 Å². The van der Waals surface area contributed by atoms with Gasteiger partial charge in [-0.1, -0.05) is 30.3 Å². The molecule has 1 heterocycles. The van der Waals surface area contributed by atoms with Gasteiger partial charge in [0.25, 0.3) is 5.91 Å². The van der Waals surface area contributed by atoms with Crippen LogP contribution in [0.5, 0.6) is 0 Å². The lowest BCUT2D eigenvalue weighted by molar-refractivity contribution is 0.0931. The van der Waals surface area contributed by atoms with Gasteiger partial charge in [0.1, 0.15) is 17.3 Å². The molecule has 0 unspecified atom stereocenters. The Labute approximate surface area is 142 Å². The number of nitrogens with one attached hydrogen (secondary N) is 1. The fraction of sp³-hybridized carbons (Fsp3) is 0.389. The van der Waals surface area contributed by atoms with Crippen molar-refractivity contribution in [2.45, 2.75) is 20.4 Å². The quantitative estimate of drug-likeness (QED) is 0.752. The highest BCUT2D eigenvalue weighted by Gasteiger charge is 2.14. The molecule has 0 saturated carbocycles. The molecule has 0 radical (unpaired) electrons. The van der Waals surface area contributed by atoms with E-state index in [9.17, 15) is 4.79 Å². The number of carbonyl (C=O) groups is 1. The Balaban J connectivity index is 2.17. The van der Waals surface area contributed by atoms with Gasteiger partial charge in [-0.05, 0) is 19.4 Å². The number of benzene rings is 1. The number of anilines is 1. The molecule has 24 heavy (non-hydrogen) atoms. The first-order valence-corrected chi connectivity index (χ1v) is 8.05. The Bertz CT molecular complexity index is 661. The maximum Gasteiger partial charge on any atom is 0.270 e. The second-order valence-corrected chi connectivity index (χ2v) is 5.41. The molecule has 2 rings (SSSR count). The Kier molecular flexibility index (Phi) is 6.69. The third-order valence-corrected chi connectivity index (χ3v) is 3.57. The maximum absolute atomic E-state index is 12.2. The van der Waals surface area contributed by atoms with Crippen LogP contribution in [0.25, 0.3) is 0 Å². The van der Waals surface area contributed by atoms with Gasteiger partial charge in [-0.25, -0.2) is 9.97 Å². The van der Waals surface area contributed by atoms with Crippen molar-refractivity contribution in [3.8, 4) is 0 Å². The van der Waals surface area contributed by atoms with Crippen LogP contribution in [-0.2, 0) is 11.3 Å². The van der Waals surface area contributed by atoms with Gasteiger partial charge in [0.15, 0.2) is 0 Å². The summed E-state index contributed by atoms with van der Waals surface area (Å²) in [6.45, 7) is 6.31. The predicted octanol–water partition coefficient (Wildman–Crippen LogP) is 2.19. The number of rotatable bonds is 8. The Morgan fingerprint density at radius 2 is 2.00 bits per heavy atom. The van der Waals surface area contributed by atoms with Crippen molar-refractivity contribution in [2.24, 2.45) is 0 Å². The summed E-state index contributed by atoms with van der Waals surface area (Å²) >= 11 is 0. The smallest absolute Gasteiger partial charge is 0.270 e. The number of aromatic nitrogens is 2. The van der Waals surface area contributed by atoms with E-state index >= 15 is 0 Å². The molecule has 0 aliphatic carbocycles. The van der Waals surface area contributed by atoms with Crippen molar-refractivity contribution in [1.29, 1.82) is 0 Å². The van der Waals surface area contributed by atoms with Crippen molar-refractivity contribution < 1.29 is 9.53 Å². The van der Waals surface area contributed by atoms with Crippen LogP contribution in [0.2, 0.25) is 0 Å². The van der Waals surface area contributed by atoms with Crippen molar-refractivity contribution >= 4 is 11.7 Å². The molecule has 1 N–H and O–H groups in total. The normalized spacial score (nSPS) is 10.5. The number of ether oxygens (including phenoxy) is 1. The van der Waals surface area contributed by atoms with Crippen molar-refractivity contribution in [2.75, 3.05) is 31.7 Å². The minimum atomic E-state index is -0.213. The highest BCUT2D eigenvalue weighted by molar-refractivity contribution is 5.92. The maximum atomic E-state index is 12.2. The summed E-state index contributed by atoms with van der Waals surface area (Å²) < 4.78 is 4.94. The zero-order valence-corrected chi connectivity index (χ0v) is 14.5. The van der Waals surface area contributed by atoms with Gasteiger partial charge in [-0.3, -0.25) is 4.79 Å². The van der Waals surface area contributed by atoms with E-state index < -0.39 is 0 Å². The first-order valence-electron chi connectivity index (χ1n) is 8.05. The summed E-state index contributed by atoms with van der Waals surface area (Å²) in [4.78, 5) is 23.1. The molecular formula is C18H24N4O2. The van der Waals surface area contributed by atoms with Crippen LogP contribution in [0, 0.1) is 6.92 Å². The van der Waals surface area contributed by atoms with Gasteiger partial charge >= 0.3 is 0 Å². The molecule has 6 nitrogen and oxygen atoms in total. The summed E-state index contributed by atoms with van der Waals surface area (Å²) in [7, 11) is 1.60. The molecule has 1 aromatic carbocycles. The third-order valence-electron chi connectivity index (χ3n) is 3.57. The molecule has 0 bridgehead atoms. The lowest BCUT2D eigenvalue weighted by Crippen LogP contribution is -2.29. The fourth-order valence-electron chi connectivity index (χ4n) is 2.35. The number of amides is 1. The highest BCUT2D eigenvalue weighted by atomic mass is 16.5. The number of aryl methyl sites for hydroxylation is 1. The monoisotopic (exact) mass is 328 g/mol. The Hall–Kier alpha value is -2.47. The molecule has 2 aromatic rings. The fourth-order valence-corrected chi connectivity index (χ4v) is 2.35. The van der Waals surface area contributed by atoms with E-state index in [1.54, 1.807) is 20.1 Å². The van der Waals surface area contributed by atoms with E-state index in [-0.39, 0.29) is 5.91 Å². The Morgan fingerprint density at radius 3 is 2.67 bits per heavy atom. The minimum Gasteiger partial charge on any atom is -0.383 e. The first kappa shape index (κ1) is 17.9. The SMILES string of the molecule is CCN(Cc1ccccc1)c1cc(C(=O)NCCOC)nc(C)n1. The second kappa shape index (κ2) is 8.98. The van der Waals surface area contributed by atoms with Gasteiger partial charge in [0, 0.05) is 32.8 Å². The van der Waals surface area contributed by atoms with E-state index in [1.807, 2.05) is 18.2 Å². The van der Waals surface area contributed by atoms with E-state index in [0.29, 0.717) is 24.7 Å². The van der Waals surface area contributed by atoms with Gasteiger partial charge < -0.3 is 15.0 Å². The molecule has 1 amide bonds. The van der Waals surface area contributed by atoms with Crippen LogP contribution < -0.4 is 10.2 Å². The number of nitrogens with zero attached hydrogens (tertiary/aromatic N) is 3. The standard InChI is InChI=1S/C18H24N4O2/c1-4-22(13-15-8-6-5-7-9-15)17-12-16(20-14(2)21-17)18(23)19-10-11-24-3/h5-9,12H,4,10-11,13H2,1-3H3,(H,19,23). The molecule has 0 fully saturated rings. The predicted molar refractivity (Wildman–Crippen MR) is 94.1 cm³/mol. The number of hydrogen-bond donors (Lipinski definition) is 1. The van der Waals surface area contributed by atoms with Gasteiger partial charge in [0.05, 0.1) is 6.61 Å². The molecular weight excluding hydrogens is 304 g/mol. The highest BCUT2D eigenvalue weighted by Crippen LogP contribution is 2.16. The number of hydrogen-bond acceptors (Lipinski definition) is 5. The van der Waals surface area contributed by atoms with Gasteiger partial charge in [-0.2, -0.15) is 0 Å². The lowest BCUT2D eigenvalue weighted by Gasteiger charge is -2.22. The molecule has 6 heteroatoms. The summed E-state index contributed by atoms with van der Waals surface area (Å²) in [5.74, 6) is 1.12.